The van der Waals surface area contributed by atoms with Gasteiger partial charge >= 0.3 is 11.9 Å². The van der Waals surface area contributed by atoms with Gasteiger partial charge in [0.25, 0.3) is 0 Å². The molecule has 0 saturated carbocycles. The zero-order chi connectivity index (χ0) is 43.5. The van der Waals surface area contributed by atoms with E-state index in [1.165, 1.54) is 89.9 Å². The van der Waals surface area contributed by atoms with Crippen LogP contribution in [0, 0.1) is 0 Å². The number of rotatable bonds is 45. The van der Waals surface area contributed by atoms with Crippen LogP contribution < -0.4 is 0 Å². The van der Waals surface area contributed by atoms with E-state index in [9.17, 15) is 9.59 Å². The minimum atomic E-state index is -0.551. The van der Waals surface area contributed by atoms with Crippen LogP contribution in [0.3, 0.4) is 0 Å². The summed E-state index contributed by atoms with van der Waals surface area (Å²) in [6.45, 7) is 7.60. The predicted molar refractivity (Wildman–Crippen MR) is 260 cm³/mol. The highest BCUT2D eigenvalue weighted by Gasteiger charge is 2.17. The lowest BCUT2D eigenvalue weighted by atomic mass is 10.1. The number of carbonyl (C=O) groups excluding carboxylic acids is 2. The van der Waals surface area contributed by atoms with Gasteiger partial charge in [-0.3, -0.25) is 9.59 Å². The van der Waals surface area contributed by atoms with Crippen molar-refractivity contribution < 1.29 is 23.8 Å². The van der Waals surface area contributed by atoms with Crippen molar-refractivity contribution in [3.8, 4) is 0 Å². The summed E-state index contributed by atoms with van der Waals surface area (Å²) in [5.74, 6) is -0.430. The van der Waals surface area contributed by atoms with Crippen LogP contribution in [0.4, 0.5) is 0 Å². The summed E-state index contributed by atoms with van der Waals surface area (Å²) in [7, 11) is 0. The van der Waals surface area contributed by atoms with E-state index in [1.807, 2.05) is 0 Å². The summed E-state index contributed by atoms with van der Waals surface area (Å²) in [6, 6.07) is 0. The molecule has 0 aromatic rings. The molecule has 5 nitrogen and oxygen atoms in total. The van der Waals surface area contributed by atoms with Gasteiger partial charge in [0.15, 0.2) is 6.10 Å². The van der Waals surface area contributed by atoms with Crippen LogP contribution in [-0.2, 0) is 23.8 Å². The summed E-state index contributed by atoms with van der Waals surface area (Å²) in [6.07, 6.45) is 66.0. The Morgan fingerprint density at radius 1 is 0.383 bits per heavy atom. The zero-order valence-electron chi connectivity index (χ0n) is 39.5. The molecule has 344 valence electrons. The van der Waals surface area contributed by atoms with E-state index in [-0.39, 0.29) is 25.2 Å². The van der Waals surface area contributed by atoms with Gasteiger partial charge in [0.2, 0.25) is 0 Å². The van der Waals surface area contributed by atoms with Crippen LogP contribution >= 0.6 is 0 Å². The second-order valence-electron chi connectivity index (χ2n) is 16.3. The molecule has 0 amide bonds. The molecule has 60 heavy (non-hydrogen) atoms. The first-order valence-corrected chi connectivity index (χ1v) is 25.1. The lowest BCUT2D eigenvalue weighted by Crippen LogP contribution is -2.30. The van der Waals surface area contributed by atoms with E-state index in [2.05, 4.69) is 106 Å². The summed E-state index contributed by atoms with van der Waals surface area (Å²) >= 11 is 0. The highest BCUT2D eigenvalue weighted by molar-refractivity contribution is 5.70. The van der Waals surface area contributed by atoms with Crippen molar-refractivity contribution >= 4 is 11.9 Å². The number of allylic oxidation sites excluding steroid dienone is 14. The smallest absolute Gasteiger partial charge is 0.306 e. The Balaban J connectivity index is 4.19. The molecule has 0 heterocycles. The van der Waals surface area contributed by atoms with Crippen molar-refractivity contribution in [2.24, 2.45) is 0 Å². The molecule has 0 aliphatic rings. The molecule has 1 atom stereocenters. The predicted octanol–water partition coefficient (Wildman–Crippen LogP) is 16.9. The van der Waals surface area contributed by atoms with Crippen molar-refractivity contribution in [1.29, 1.82) is 0 Å². The number of unbranched alkanes of at least 4 members (excludes halogenated alkanes) is 20. The molecule has 0 aliphatic carbocycles. The van der Waals surface area contributed by atoms with Crippen molar-refractivity contribution in [1.82, 2.24) is 0 Å². The fraction of sp³-hybridized carbons (Fsp3) is 0.709. The third-order valence-corrected chi connectivity index (χ3v) is 10.4. The molecule has 0 bridgehead atoms. The van der Waals surface area contributed by atoms with Gasteiger partial charge < -0.3 is 14.2 Å². The average Bonchev–Trinajstić information content (AvgIpc) is 3.25. The van der Waals surface area contributed by atoms with Crippen LogP contribution in [0.15, 0.2) is 85.1 Å². The fourth-order valence-corrected chi connectivity index (χ4v) is 6.68. The van der Waals surface area contributed by atoms with Gasteiger partial charge in [-0.2, -0.15) is 0 Å². The van der Waals surface area contributed by atoms with E-state index in [4.69, 9.17) is 14.2 Å². The maximum atomic E-state index is 12.7. The van der Waals surface area contributed by atoms with Gasteiger partial charge in [-0.15, -0.1) is 0 Å². The maximum Gasteiger partial charge on any atom is 0.306 e. The van der Waals surface area contributed by atoms with E-state index >= 15 is 0 Å². The molecule has 0 saturated heterocycles. The maximum absolute atomic E-state index is 12.7. The lowest BCUT2D eigenvalue weighted by molar-refractivity contribution is -0.163. The average molecular weight is 835 g/mol. The van der Waals surface area contributed by atoms with Crippen LogP contribution in [0.5, 0.6) is 0 Å². The minimum absolute atomic E-state index is 0.0678. The lowest BCUT2D eigenvalue weighted by Gasteiger charge is -2.18. The normalized spacial score (nSPS) is 12.9. The van der Waals surface area contributed by atoms with E-state index in [0.717, 1.165) is 103 Å². The third kappa shape index (κ3) is 47.8. The van der Waals surface area contributed by atoms with Crippen LogP contribution in [0.2, 0.25) is 0 Å². The quantitative estimate of drug-likeness (QED) is 0.0347. The molecular formula is C55H94O5. The second kappa shape index (κ2) is 50.4. The molecule has 1 unspecified atom stereocenters. The SMILES string of the molecule is CC/C=C\C/C=C\C/C=C\C/C=C\CCCCCCCOCC(COC(=O)CCCCCCCC/C=C\C/C=C\C/C=C\CCCCC)OC(=O)CCCCCCCCC. The van der Waals surface area contributed by atoms with Gasteiger partial charge in [-0.1, -0.05) is 202 Å². The van der Waals surface area contributed by atoms with Gasteiger partial charge in [0.05, 0.1) is 6.61 Å². The highest BCUT2D eigenvalue weighted by Crippen LogP contribution is 2.13. The number of ether oxygens (including phenoxy) is 3. The number of esters is 2. The van der Waals surface area contributed by atoms with Gasteiger partial charge in [-0.05, 0) is 96.3 Å². The molecule has 0 spiro atoms. The molecule has 0 aromatic carbocycles. The molecule has 0 fully saturated rings. The van der Waals surface area contributed by atoms with E-state index in [0.29, 0.717) is 19.4 Å². The first-order valence-electron chi connectivity index (χ1n) is 25.1. The first-order chi connectivity index (χ1) is 29.6. The number of carbonyl (C=O) groups is 2. The standard InChI is InChI=1S/C55H94O5/c1-4-7-10-13-16-18-20-22-24-26-28-29-31-33-35-37-40-42-45-48-54(56)59-52-53(60-55(57)49-46-43-39-15-12-9-6-3)51-58-50-47-44-41-38-36-34-32-30-27-25-23-21-19-17-14-11-8-5-2/h8,11,16-19,22-25,28-30,32,53H,4-7,9-10,12-15,20-21,26-27,31,33-52H2,1-3H3/b11-8-,18-16-,19-17-,24-22-,25-23-,29-28-,32-30-. The molecular weight excluding hydrogens is 741 g/mol. The Kier molecular flexibility index (Phi) is 48.0. The summed E-state index contributed by atoms with van der Waals surface area (Å²) in [5.41, 5.74) is 0. The van der Waals surface area contributed by atoms with E-state index < -0.39 is 6.10 Å². The topological polar surface area (TPSA) is 61.8 Å². The van der Waals surface area contributed by atoms with Crippen molar-refractivity contribution in [3.05, 3.63) is 85.1 Å². The number of hydrogen-bond acceptors (Lipinski definition) is 5. The van der Waals surface area contributed by atoms with Crippen LogP contribution in [0.1, 0.15) is 226 Å². The summed E-state index contributed by atoms with van der Waals surface area (Å²) < 4.78 is 17.3. The summed E-state index contributed by atoms with van der Waals surface area (Å²) in [5, 5.41) is 0. The first kappa shape index (κ1) is 57.1. The second-order valence-corrected chi connectivity index (χ2v) is 16.3. The minimum Gasteiger partial charge on any atom is -0.462 e. The Bertz CT molecular complexity index is 1130. The molecule has 0 rings (SSSR count). The molecule has 5 heteroatoms. The molecule has 0 aromatic heterocycles. The Morgan fingerprint density at radius 3 is 1.23 bits per heavy atom. The third-order valence-electron chi connectivity index (χ3n) is 10.4. The van der Waals surface area contributed by atoms with Crippen LogP contribution in [-0.4, -0.2) is 37.9 Å². The van der Waals surface area contributed by atoms with E-state index in [1.54, 1.807) is 0 Å². The van der Waals surface area contributed by atoms with Crippen molar-refractivity contribution in [2.45, 2.75) is 232 Å². The monoisotopic (exact) mass is 835 g/mol. The molecule has 0 radical (unpaired) electrons. The molecule has 0 aliphatic heterocycles. The Hall–Kier alpha value is -2.92. The Labute approximate surface area is 371 Å². The van der Waals surface area contributed by atoms with Gasteiger partial charge in [0, 0.05) is 19.4 Å². The largest absolute Gasteiger partial charge is 0.462 e. The van der Waals surface area contributed by atoms with Crippen molar-refractivity contribution in [2.75, 3.05) is 19.8 Å². The van der Waals surface area contributed by atoms with Gasteiger partial charge in [-0.25, -0.2) is 0 Å². The zero-order valence-corrected chi connectivity index (χ0v) is 39.5. The van der Waals surface area contributed by atoms with Gasteiger partial charge in [0.1, 0.15) is 6.61 Å². The van der Waals surface area contributed by atoms with Crippen LogP contribution in [0.25, 0.3) is 0 Å². The molecule has 0 N–H and O–H groups in total. The van der Waals surface area contributed by atoms with Crippen molar-refractivity contribution in [3.63, 3.8) is 0 Å². The Morgan fingerprint density at radius 2 is 0.750 bits per heavy atom. The summed E-state index contributed by atoms with van der Waals surface area (Å²) in [4.78, 5) is 25.2. The fourth-order valence-electron chi connectivity index (χ4n) is 6.68. The number of hydrogen-bond donors (Lipinski definition) is 0. The highest BCUT2D eigenvalue weighted by atomic mass is 16.6.